The lowest BCUT2D eigenvalue weighted by Crippen LogP contribution is -2.32. The number of hydrogen-bond acceptors (Lipinski definition) is 2. The first kappa shape index (κ1) is 14.5. The van der Waals surface area contributed by atoms with Gasteiger partial charge >= 0.3 is 0 Å². The van der Waals surface area contributed by atoms with E-state index in [9.17, 15) is 4.79 Å². The van der Waals surface area contributed by atoms with Crippen LogP contribution >= 0.6 is 0 Å². The summed E-state index contributed by atoms with van der Waals surface area (Å²) in [5.41, 5.74) is 4.54. The Morgan fingerprint density at radius 2 is 1.86 bits per heavy atom. The van der Waals surface area contributed by atoms with Crippen LogP contribution in [-0.2, 0) is 6.42 Å². The van der Waals surface area contributed by atoms with Crippen LogP contribution in [-0.4, -0.2) is 36.3 Å². The van der Waals surface area contributed by atoms with Gasteiger partial charge in [0.25, 0.3) is 0 Å². The molecule has 0 amide bonds. The highest BCUT2D eigenvalue weighted by Crippen LogP contribution is 2.16. The molecular weight excluding hydrogens is 274 g/mol. The van der Waals surface area contributed by atoms with Crippen LogP contribution < -0.4 is 4.74 Å². The second-order valence-electron chi connectivity index (χ2n) is 5.57. The third-order valence-electron chi connectivity index (χ3n) is 4.28. The van der Waals surface area contributed by atoms with Crippen LogP contribution in [0.2, 0.25) is 0 Å². The van der Waals surface area contributed by atoms with Crippen molar-refractivity contribution in [3.63, 3.8) is 0 Å². The van der Waals surface area contributed by atoms with Crippen molar-refractivity contribution in [3.05, 3.63) is 65.2 Å². The number of rotatable bonds is 4. The summed E-state index contributed by atoms with van der Waals surface area (Å²) >= 11 is 0. The maximum absolute atomic E-state index is 12.5. The number of ether oxygens (including phenoxy) is 1. The SMILES string of the molecule is COc1ccc(C(=O)C[N+]2=C(C)c3ccccc3CC2)cc1. The lowest BCUT2D eigenvalue weighted by atomic mass is 9.97. The molecule has 0 saturated heterocycles. The van der Waals surface area contributed by atoms with E-state index in [0.29, 0.717) is 6.54 Å². The lowest BCUT2D eigenvalue weighted by Gasteiger charge is -2.16. The molecule has 3 heteroatoms. The smallest absolute Gasteiger partial charge is 0.227 e. The summed E-state index contributed by atoms with van der Waals surface area (Å²) in [7, 11) is 1.63. The van der Waals surface area contributed by atoms with Crippen molar-refractivity contribution in [3.8, 4) is 5.75 Å². The summed E-state index contributed by atoms with van der Waals surface area (Å²) in [5.74, 6) is 0.910. The summed E-state index contributed by atoms with van der Waals surface area (Å²) in [6, 6.07) is 15.7. The number of benzene rings is 2. The predicted octanol–water partition coefficient (Wildman–Crippen LogP) is 2.96. The Morgan fingerprint density at radius 1 is 1.14 bits per heavy atom. The maximum atomic E-state index is 12.5. The van der Waals surface area contributed by atoms with E-state index in [2.05, 4.69) is 35.8 Å². The molecule has 0 bridgehead atoms. The molecule has 3 rings (SSSR count). The molecule has 2 aromatic carbocycles. The fourth-order valence-electron chi connectivity index (χ4n) is 2.92. The summed E-state index contributed by atoms with van der Waals surface area (Å²) in [4.78, 5) is 12.5. The van der Waals surface area contributed by atoms with Crippen LogP contribution in [0.1, 0.15) is 28.4 Å². The van der Waals surface area contributed by atoms with Gasteiger partial charge in [-0.3, -0.25) is 4.79 Å². The molecular formula is C19H20NO2+. The molecule has 0 radical (unpaired) electrons. The first-order valence-electron chi connectivity index (χ1n) is 7.53. The van der Waals surface area contributed by atoms with Crippen LogP contribution in [0.15, 0.2) is 48.5 Å². The molecule has 22 heavy (non-hydrogen) atoms. The van der Waals surface area contributed by atoms with E-state index in [1.165, 1.54) is 16.8 Å². The van der Waals surface area contributed by atoms with Crippen molar-refractivity contribution in [2.75, 3.05) is 20.2 Å². The lowest BCUT2D eigenvalue weighted by molar-refractivity contribution is -0.515. The number of carbonyl (C=O) groups excluding carboxylic acids is 1. The maximum Gasteiger partial charge on any atom is 0.227 e. The fourth-order valence-corrected chi connectivity index (χ4v) is 2.92. The molecule has 3 nitrogen and oxygen atoms in total. The van der Waals surface area contributed by atoms with Gasteiger partial charge in [-0.15, -0.1) is 0 Å². The van der Waals surface area contributed by atoms with Crippen LogP contribution in [0.4, 0.5) is 0 Å². The molecule has 0 spiro atoms. The van der Waals surface area contributed by atoms with E-state index >= 15 is 0 Å². The van der Waals surface area contributed by atoms with E-state index in [-0.39, 0.29) is 5.78 Å². The van der Waals surface area contributed by atoms with E-state index in [1.807, 2.05) is 24.3 Å². The number of Topliss-reactive ketones (excluding diaryl/α,β-unsaturated/α-hetero) is 1. The van der Waals surface area contributed by atoms with Gasteiger partial charge in [0.15, 0.2) is 5.71 Å². The molecule has 112 valence electrons. The zero-order valence-corrected chi connectivity index (χ0v) is 13.0. The van der Waals surface area contributed by atoms with Crippen LogP contribution in [0.3, 0.4) is 0 Å². The normalized spacial score (nSPS) is 13.7. The van der Waals surface area contributed by atoms with Gasteiger partial charge in [-0.2, -0.15) is 0 Å². The van der Waals surface area contributed by atoms with Gasteiger partial charge in [0.05, 0.1) is 7.11 Å². The third kappa shape index (κ3) is 2.80. The van der Waals surface area contributed by atoms with Crippen molar-refractivity contribution in [1.82, 2.24) is 0 Å². The van der Waals surface area contributed by atoms with Crippen molar-refractivity contribution in [2.24, 2.45) is 0 Å². The van der Waals surface area contributed by atoms with Gasteiger partial charge in [-0.25, -0.2) is 4.58 Å². The Balaban J connectivity index is 1.82. The second-order valence-corrected chi connectivity index (χ2v) is 5.57. The number of hydrogen-bond donors (Lipinski definition) is 0. The Kier molecular flexibility index (Phi) is 4.05. The second kappa shape index (κ2) is 6.14. The topological polar surface area (TPSA) is 29.3 Å². The highest BCUT2D eigenvalue weighted by Gasteiger charge is 2.24. The molecule has 2 aromatic rings. The molecule has 0 fully saturated rings. The van der Waals surface area contributed by atoms with E-state index in [4.69, 9.17) is 4.74 Å². The quantitative estimate of drug-likeness (QED) is 0.641. The Labute approximate surface area is 130 Å². The summed E-state index contributed by atoms with van der Waals surface area (Å²) in [5, 5.41) is 0. The molecule has 1 aliphatic heterocycles. The van der Waals surface area contributed by atoms with Crippen LogP contribution in [0, 0.1) is 0 Å². The first-order chi connectivity index (χ1) is 10.7. The molecule has 0 aromatic heterocycles. The molecule has 0 N–H and O–H groups in total. The zero-order chi connectivity index (χ0) is 15.5. The Morgan fingerprint density at radius 3 is 2.59 bits per heavy atom. The van der Waals surface area contributed by atoms with E-state index in [0.717, 1.165) is 24.3 Å². The third-order valence-corrected chi connectivity index (χ3v) is 4.28. The molecule has 1 heterocycles. The average molecular weight is 294 g/mol. The molecule has 0 unspecified atom stereocenters. The van der Waals surface area contributed by atoms with Gasteiger partial charge < -0.3 is 4.74 Å². The Bertz CT molecular complexity index is 729. The van der Waals surface area contributed by atoms with Gasteiger partial charge in [-0.05, 0) is 35.9 Å². The largest absolute Gasteiger partial charge is 0.497 e. The van der Waals surface area contributed by atoms with Crippen molar-refractivity contribution >= 4 is 11.5 Å². The van der Waals surface area contributed by atoms with E-state index < -0.39 is 0 Å². The van der Waals surface area contributed by atoms with E-state index in [1.54, 1.807) is 7.11 Å². The fraction of sp³-hybridized carbons (Fsp3) is 0.263. The van der Waals surface area contributed by atoms with Gasteiger partial charge in [0, 0.05) is 24.5 Å². The van der Waals surface area contributed by atoms with Crippen LogP contribution in [0.25, 0.3) is 0 Å². The monoisotopic (exact) mass is 294 g/mol. The number of methoxy groups -OCH3 is 1. The van der Waals surface area contributed by atoms with Crippen LogP contribution in [0.5, 0.6) is 5.75 Å². The molecule has 0 saturated carbocycles. The van der Waals surface area contributed by atoms with Gasteiger partial charge in [0.1, 0.15) is 12.3 Å². The molecule has 0 atom stereocenters. The number of fused-ring (bicyclic) bond motifs is 1. The first-order valence-corrected chi connectivity index (χ1v) is 7.53. The summed E-state index contributed by atoms with van der Waals surface area (Å²) < 4.78 is 7.30. The van der Waals surface area contributed by atoms with Gasteiger partial charge in [0.2, 0.25) is 12.3 Å². The van der Waals surface area contributed by atoms with Crippen molar-refractivity contribution in [2.45, 2.75) is 13.3 Å². The van der Waals surface area contributed by atoms with Gasteiger partial charge in [-0.1, -0.05) is 18.2 Å². The minimum absolute atomic E-state index is 0.140. The standard InChI is InChI=1S/C19H20NO2/c1-14-18-6-4-3-5-15(18)11-12-20(14)13-19(21)16-7-9-17(22-2)10-8-16/h3-10H,11-13H2,1-2H3/q+1. The molecule has 0 aliphatic carbocycles. The zero-order valence-electron chi connectivity index (χ0n) is 13.0. The number of carbonyl (C=O) groups is 1. The highest BCUT2D eigenvalue weighted by molar-refractivity contribution is 6.00. The van der Waals surface area contributed by atoms with Crippen molar-refractivity contribution < 1.29 is 14.1 Å². The average Bonchev–Trinajstić information content (AvgIpc) is 2.57. The minimum Gasteiger partial charge on any atom is -0.497 e. The van der Waals surface area contributed by atoms with Crippen molar-refractivity contribution in [1.29, 1.82) is 0 Å². The predicted molar refractivity (Wildman–Crippen MR) is 87.2 cm³/mol. The number of nitrogens with zero attached hydrogens (tertiary/aromatic N) is 1. The summed E-state index contributed by atoms with van der Waals surface area (Å²) in [6.45, 7) is 3.41. The summed E-state index contributed by atoms with van der Waals surface area (Å²) in [6.07, 6.45) is 0.989. The highest BCUT2D eigenvalue weighted by atomic mass is 16.5. The number of ketones is 1. The minimum atomic E-state index is 0.140. The molecule has 1 aliphatic rings. The Hall–Kier alpha value is -2.42.